The first-order chi connectivity index (χ1) is 13.3. The number of halogens is 3. The van der Waals surface area contributed by atoms with E-state index >= 15 is 0 Å². The molecule has 0 spiro atoms. The van der Waals surface area contributed by atoms with Crippen molar-refractivity contribution in [3.63, 3.8) is 0 Å². The smallest absolute Gasteiger partial charge is 0.368 e. The number of anilines is 3. The molecule has 3 aromatic heterocycles. The van der Waals surface area contributed by atoms with E-state index in [0.717, 1.165) is 12.1 Å². The number of benzene rings is 1. The van der Waals surface area contributed by atoms with Crippen LogP contribution in [0.15, 0.2) is 42.6 Å². The van der Waals surface area contributed by atoms with Crippen molar-refractivity contribution in [1.82, 2.24) is 29.5 Å². The predicted octanol–water partition coefficient (Wildman–Crippen LogP) is 3.26. The van der Waals surface area contributed by atoms with Crippen LogP contribution in [0.4, 0.5) is 30.8 Å². The molecule has 0 saturated heterocycles. The molecule has 1 aromatic carbocycles. The van der Waals surface area contributed by atoms with Gasteiger partial charge in [0.05, 0.1) is 11.1 Å². The molecule has 0 aliphatic carbocycles. The fraction of sp³-hybridized carbons (Fsp3) is 0.118. The number of rotatable bonds is 3. The summed E-state index contributed by atoms with van der Waals surface area (Å²) < 4.78 is 39.7. The summed E-state index contributed by atoms with van der Waals surface area (Å²) in [6, 6.07) is 8.06. The van der Waals surface area contributed by atoms with E-state index in [4.69, 9.17) is 5.73 Å². The van der Waals surface area contributed by atoms with Gasteiger partial charge in [-0.1, -0.05) is 0 Å². The number of hydrogen-bond donors (Lipinski definition) is 2. The quantitative estimate of drug-likeness (QED) is 0.556. The van der Waals surface area contributed by atoms with Crippen molar-refractivity contribution in [2.45, 2.75) is 13.1 Å². The van der Waals surface area contributed by atoms with Gasteiger partial charge in [-0.05, 0) is 43.3 Å². The summed E-state index contributed by atoms with van der Waals surface area (Å²) in [5.41, 5.74) is 6.63. The van der Waals surface area contributed by atoms with Gasteiger partial charge in [-0.15, -0.1) is 0 Å². The maximum absolute atomic E-state index is 12.7. The Kier molecular flexibility index (Phi) is 4.06. The first-order valence-corrected chi connectivity index (χ1v) is 8.07. The minimum atomic E-state index is -4.41. The minimum absolute atomic E-state index is 0.0513. The molecular formula is C17H13F3N8. The lowest BCUT2D eigenvalue weighted by Gasteiger charge is -2.10. The second kappa shape index (κ2) is 6.44. The molecule has 142 valence electrons. The molecule has 0 aliphatic heterocycles. The number of nitrogens with one attached hydrogen (secondary N) is 1. The molecule has 0 bridgehead atoms. The third kappa shape index (κ3) is 3.29. The van der Waals surface area contributed by atoms with E-state index in [1.165, 1.54) is 12.1 Å². The fourth-order valence-electron chi connectivity index (χ4n) is 2.69. The summed E-state index contributed by atoms with van der Waals surface area (Å²) >= 11 is 0. The number of nitrogens with zero attached hydrogens (tertiary/aromatic N) is 6. The highest BCUT2D eigenvalue weighted by molar-refractivity contribution is 5.73. The van der Waals surface area contributed by atoms with E-state index in [0.29, 0.717) is 22.7 Å². The Balaban J connectivity index is 1.71. The lowest BCUT2D eigenvalue weighted by atomic mass is 10.2. The number of hydrogen-bond acceptors (Lipinski definition) is 7. The Labute approximate surface area is 156 Å². The SMILES string of the molecule is Cc1nc2ncccc2n1-c1nc(N)nc(Nc2ccc(C(F)(F)F)cc2)n1. The summed E-state index contributed by atoms with van der Waals surface area (Å²) in [5, 5.41) is 2.83. The first-order valence-electron chi connectivity index (χ1n) is 8.07. The summed E-state index contributed by atoms with van der Waals surface area (Å²) in [6.07, 6.45) is -2.78. The number of aryl methyl sites for hydroxylation is 1. The zero-order valence-electron chi connectivity index (χ0n) is 14.4. The van der Waals surface area contributed by atoms with Crippen molar-refractivity contribution >= 4 is 28.7 Å². The molecule has 0 amide bonds. The maximum Gasteiger partial charge on any atom is 0.416 e. The number of pyridine rings is 1. The minimum Gasteiger partial charge on any atom is -0.368 e. The van der Waals surface area contributed by atoms with Crippen molar-refractivity contribution in [1.29, 1.82) is 0 Å². The summed E-state index contributed by atoms with van der Waals surface area (Å²) in [6.45, 7) is 1.77. The van der Waals surface area contributed by atoms with Gasteiger partial charge in [0.1, 0.15) is 5.82 Å². The third-order valence-electron chi connectivity index (χ3n) is 3.91. The lowest BCUT2D eigenvalue weighted by molar-refractivity contribution is -0.137. The summed E-state index contributed by atoms with van der Waals surface area (Å²) in [7, 11) is 0. The van der Waals surface area contributed by atoms with Crippen molar-refractivity contribution in [3.8, 4) is 5.95 Å². The maximum atomic E-state index is 12.7. The largest absolute Gasteiger partial charge is 0.416 e. The monoisotopic (exact) mass is 386 g/mol. The molecule has 0 radical (unpaired) electrons. The molecule has 0 atom stereocenters. The van der Waals surface area contributed by atoms with Gasteiger partial charge in [-0.25, -0.2) is 9.97 Å². The molecule has 28 heavy (non-hydrogen) atoms. The van der Waals surface area contributed by atoms with Gasteiger partial charge in [-0.2, -0.15) is 28.1 Å². The van der Waals surface area contributed by atoms with Crippen LogP contribution in [0, 0.1) is 6.92 Å². The fourth-order valence-corrected chi connectivity index (χ4v) is 2.69. The molecule has 0 aliphatic rings. The Morgan fingerprint density at radius 3 is 2.46 bits per heavy atom. The number of alkyl halides is 3. The van der Waals surface area contributed by atoms with Crippen LogP contribution in [0.1, 0.15) is 11.4 Å². The van der Waals surface area contributed by atoms with Crippen LogP contribution in [0.5, 0.6) is 0 Å². The van der Waals surface area contributed by atoms with Gasteiger partial charge in [-0.3, -0.25) is 4.57 Å². The second-order valence-corrected chi connectivity index (χ2v) is 5.86. The molecule has 4 aromatic rings. The number of fused-ring (bicyclic) bond motifs is 1. The zero-order valence-corrected chi connectivity index (χ0v) is 14.4. The Morgan fingerprint density at radius 2 is 1.75 bits per heavy atom. The number of nitrogens with two attached hydrogens (primary N) is 1. The highest BCUT2D eigenvalue weighted by atomic mass is 19.4. The zero-order chi connectivity index (χ0) is 19.9. The highest BCUT2D eigenvalue weighted by Gasteiger charge is 2.30. The topological polar surface area (TPSA) is 107 Å². The van der Waals surface area contributed by atoms with Crippen molar-refractivity contribution in [3.05, 3.63) is 54.0 Å². The van der Waals surface area contributed by atoms with Crippen molar-refractivity contribution in [2.24, 2.45) is 0 Å². The summed E-state index contributed by atoms with van der Waals surface area (Å²) in [4.78, 5) is 21.0. The van der Waals surface area contributed by atoms with E-state index in [9.17, 15) is 13.2 Å². The van der Waals surface area contributed by atoms with Gasteiger partial charge in [0.2, 0.25) is 17.8 Å². The molecule has 11 heteroatoms. The van der Waals surface area contributed by atoms with E-state index in [1.807, 2.05) is 6.07 Å². The Morgan fingerprint density at radius 1 is 1.00 bits per heavy atom. The van der Waals surface area contributed by atoms with Gasteiger partial charge in [0.15, 0.2) is 5.65 Å². The van der Waals surface area contributed by atoms with Crippen LogP contribution >= 0.6 is 0 Å². The van der Waals surface area contributed by atoms with Gasteiger partial charge < -0.3 is 11.1 Å². The van der Waals surface area contributed by atoms with Crippen LogP contribution in [0.2, 0.25) is 0 Å². The third-order valence-corrected chi connectivity index (χ3v) is 3.91. The highest BCUT2D eigenvalue weighted by Crippen LogP contribution is 2.30. The van der Waals surface area contributed by atoms with Gasteiger partial charge >= 0.3 is 6.18 Å². The normalized spacial score (nSPS) is 11.7. The van der Waals surface area contributed by atoms with Crippen LogP contribution in [0.25, 0.3) is 17.1 Å². The molecule has 8 nitrogen and oxygen atoms in total. The van der Waals surface area contributed by atoms with E-state index in [1.54, 1.807) is 23.8 Å². The molecule has 0 unspecified atom stereocenters. The van der Waals surface area contributed by atoms with Gasteiger partial charge in [0.25, 0.3) is 0 Å². The predicted molar refractivity (Wildman–Crippen MR) is 96.1 cm³/mol. The van der Waals surface area contributed by atoms with E-state index in [-0.39, 0.29) is 17.8 Å². The van der Waals surface area contributed by atoms with Crippen LogP contribution < -0.4 is 11.1 Å². The Bertz CT molecular complexity index is 1150. The molecular weight excluding hydrogens is 373 g/mol. The standard InChI is InChI=1S/C17H13F3N8/c1-9-23-13-12(3-2-8-22-13)28(9)16-26-14(21)25-15(27-16)24-11-6-4-10(5-7-11)17(18,19)20/h2-8H,1H3,(H3,21,24,25,26,27). The van der Waals surface area contributed by atoms with E-state index in [2.05, 4.69) is 30.2 Å². The van der Waals surface area contributed by atoms with Crippen LogP contribution in [-0.4, -0.2) is 29.5 Å². The van der Waals surface area contributed by atoms with E-state index < -0.39 is 11.7 Å². The molecule has 3 N–H and O–H groups in total. The Hall–Kier alpha value is -3.76. The molecule has 3 heterocycles. The van der Waals surface area contributed by atoms with Gasteiger partial charge in [0, 0.05) is 11.9 Å². The van der Waals surface area contributed by atoms with Crippen LogP contribution in [-0.2, 0) is 6.18 Å². The van der Waals surface area contributed by atoms with Crippen LogP contribution in [0.3, 0.4) is 0 Å². The molecule has 4 rings (SSSR count). The number of nitrogen functional groups attached to an aromatic ring is 1. The second-order valence-electron chi connectivity index (χ2n) is 5.86. The summed E-state index contributed by atoms with van der Waals surface area (Å²) in [5.74, 6) is 0.853. The number of imidazole rings is 1. The van der Waals surface area contributed by atoms with Crippen molar-refractivity contribution in [2.75, 3.05) is 11.1 Å². The number of aromatic nitrogens is 6. The molecule has 0 saturated carbocycles. The average molecular weight is 386 g/mol. The first kappa shape index (κ1) is 17.6. The lowest BCUT2D eigenvalue weighted by Crippen LogP contribution is -2.10. The average Bonchev–Trinajstić information content (AvgIpc) is 2.96. The van der Waals surface area contributed by atoms with Crippen molar-refractivity contribution < 1.29 is 13.2 Å². The molecule has 0 fully saturated rings.